The van der Waals surface area contributed by atoms with Gasteiger partial charge in [0.05, 0.1) is 19.1 Å². The second-order valence-corrected chi connectivity index (χ2v) is 11.8. The summed E-state index contributed by atoms with van der Waals surface area (Å²) in [7, 11) is 0. The minimum absolute atomic E-state index is 0.0107. The average molecular weight is 590 g/mol. The molecule has 0 aliphatic carbocycles. The molecule has 0 saturated heterocycles. The number of hydroxylamine groups is 2. The topological polar surface area (TPSA) is 92.4 Å². The Kier molecular flexibility index (Phi) is 10.4. The van der Waals surface area contributed by atoms with Gasteiger partial charge in [-0.3, -0.25) is 4.79 Å². The number of aliphatic hydroxyl groups excluding tert-OH is 1. The maximum atomic E-state index is 14.9. The van der Waals surface area contributed by atoms with E-state index in [9.17, 15) is 19.5 Å². The van der Waals surface area contributed by atoms with Gasteiger partial charge in [0.15, 0.2) is 11.6 Å². The Morgan fingerprint density at radius 3 is 2.26 bits per heavy atom. The zero-order valence-corrected chi connectivity index (χ0v) is 25.3. The molecule has 0 radical (unpaired) electrons. The van der Waals surface area contributed by atoms with Crippen LogP contribution in [0, 0.1) is 5.82 Å². The SMILES string of the molecule is CC(C)c1oc(-c2ccccc2)c(-c2ccc(F)c(Oc3ccccc3)c2)c1CCN(O)CC(O)CC(=O)OC(C)(C)C. The van der Waals surface area contributed by atoms with Gasteiger partial charge < -0.3 is 24.2 Å². The van der Waals surface area contributed by atoms with Crippen LogP contribution in [-0.2, 0) is 16.0 Å². The number of halogens is 1. The third-order valence-corrected chi connectivity index (χ3v) is 6.65. The molecule has 0 aliphatic heterocycles. The molecule has 43 heavy (non-hydrogen) atoms. The fourth-order valence-electron chi connectivity index (χ4n) is 4.86. The Hall–Kier alpha value is -3.98. The van der Waals surface area contributed by atoms with Gasteiger partial charge in [-0.25, -0.2) is 4.39 Å². The molecule has 0 bridgehead atoms. The molecule has 0 aliphatic rings. The average Bonchev–Trinajstić information content (AvgIpc) is 3.33. The number of benzene rings is 3. The second-order valence-electron chi connectivity index (χ2n) is 11.8. The number of rotatable bonds is 12. The highest BCUT2D eigenvalue weighted by atomic mass is 19.1. The van der Waals surface area contributed by atoms with Crippen LogP contribution in [-0.4, -0.2) is 46.1 Å². The number of carbonyl (C=O) groups is 1. The van der Waals surface area contributed by atoms with E-state index in [0.717, 1.165) is 27.5 Å². The molecule has 0 saturated carbocycles. The van der Waals surface area contributed by atoms with Crippen molar-refractivity contribution >= 4 is 5.97 Å². The van der Waals surface area contributed by atoms with Crippen LogP contribution < -0.4 is 4.74 Å². The molecular formula is C35H40FNO6. The molecule has 2 N–H and O–H groups in total. The zero-order valence-electron chi connectivity index (χ0n) is 25.3. The number of furan rings is 1. The summed E-state index contributed by atoms with van der Waals surface area (Å²) in [5, 5.41) is 22.1. The van der Waals surface area contributed by atoms with Gasteiger partial charge in [-0.1, -0.05) is 68.4 Å². The molecule has 0 amide bonds. The molecule has 3 aromatic carbocycles. The first-order valence-electron chi connectivity index (χ1n) is 14.5. The highest BCUT2D eigenvalue weighted by Crippen LogP contribution is 2.43. The molecule has 7 nitrogen and oxygen atoms in total. The van der Waals surface area contributed by atoms with Crippen molar-refractivity contribution in [2.45, 2.75) is 65.1 Å². The van der Waals surface area contributed by atoms with Crippen LogP contribution in [0.25, 0.3) is 22.5 Å². The Labute approximate surface area is 252 Å². The number of carbonyl (C=O) groups excluding carboxylic acids is 1. The van der Waals surface area contributed by atoms with E-state index in [4.69, 9.17) is 13.9 Å². The molecule has 1 heterocycles. The molecule has 1 atom stereocenters. The summed E-state index contributed by atoms with van der Waals surface area (Å²) in [5.41, 5.74) is 2.52. The highest BCUT2D eigenvalue weighted by Gasteiger charge is 2.26. The Balaban J connectivity index is 1.66. The van der Waals surface area contributed by atoms with E-state index in [1.807, 2.05) is 62.4 Å². The third kappa shape index (κ3) is 8.76. The van der Waals surface area contributed by atoms with Crippen LogP contribution in [0.4, 0.5) is 4.39 Å². The van der Waals surface area contributed by atoms with Crippen molar-refractivity contribution in [1.82, 2.24) is 5.06 Å². The van der Waals surface area contributed by atoms with Crippen molar-refractivity contribution < 1.29 is 33.4 Å². The van der Waals surface area contributed by atoms with E-state index in [-0.39, 0.29) is 31.2 Å². The summed E-state index contributed by atoms with van der Waals surface area (Å²) in [6.07, 6.45) is -0.982. The van der Waals surface area contributed by atoms with Crippen LogP contribution in [0.3, 0.4) is 0 Å². The number of nitrogens with zero attached hydrogens (tertiary/aromatic N) is 1. The first kappa shape index (κ1) is 31.9. The van der Waals surface area contributed by atoms with Gasteiger partial charge in [-0.15, -0.1) is 0 Å². The summed E-state index contributed by atoms with van der Waals surface area (Å²) in [5.74, 6) is 0.940. The predicted molar refractivity (Wildman–Crippen MR) is 164 cm³/mol. The van der Waals surface area contributed by atoms with E-state index in [1.165, 1.54) is 6.07 Å². The molecule has 228 valence electrons. The van der Waals surface area contributed by atoms with Crippen LogP contribution >= 0.6 is 0 Å². The Morgan fingerprint density at radius 1 is 0.977 bits per heavy atom. The minimum atomic E-state index is -1.11. The van der Waals surface area contributed by atoms with E-state index < -0.39 is 23.5 Å². The van der Waals surface area contributed by atoms with Crippen LogP contribution in [0.5, 0.6) is 11.5 Å². The monoisotopic (exact) mass is 589 g/mol. The summed E-state index contributed by atoms with van der Waals surface area (Å²) >= 11 is 0. The predicted octanol–water partition coefficient (Wildman–Crippen LogP) is 7.99. The van der Waals surface area contributed by atoms with Crippen molar-refractivity contribution in [3.63, 3.8) is 0 Å². The molecular weight excluding hydrogens is 549 g/mol. The van der Waals surface area contributed by atoms with E-state index in [1.54, 1.807) is 45.0 Å². The lowest BCUT2D eigenvalue weighted by atomic mass is 9.93. The molecule has 4 rings (SSSR count). The summed E-state index contributed by atoms with van der Waals surface area (Å²) in [6.45, 7) is 9.33. The number of hydrogen-bond donors (Lipinski definition) is 2. The summed E-state index contributed by atoms with van der Waals surface area (Å²) < 4.78 is 32.6. The highest BCUT2D eigenvalue weighted by molar-refractivity contribution is 5.84. The van der Waals surface area contributed by atoms with Gasteiger partial charge in [-0.05, 0) is 57.0 Å². The van der Waals surface area contributed by atoms with E-state index in [2.05, 4.69) is 0 Å². The van der Waals surface area contributed by atoms with Gasteiger partial charge in [0, 0.05) is 29.2 Å². The molecule has 1 unspecified atom stereocenters. The number of hydrogen-bond acceptors (Lipinski definition) is 7. The first-order valence-corrected chi connectivity index (χ1v) is 14.5. The fourth-order valence-corrected chi connectivity index (χ4v) is 4.86. The zero-order chi connectivity index (χ0) is 31.1. The summed E-state index contributed by atoms with van der Waals surface area (Å²) in [6, 6.07) is 23.4. The number of para-hydroxylation sites is 1. The minimum Gasteiger partial charge on any atom is -0.460 e. The number of aliphatic hydroxyl groups is 1. The standard InChI is InChI=1S/C35H40FNO6/c1-23(2)33-28(18-19-37(40)22-26(38)21-31(39)43-35(3,4)5)32(34(42-33)24-12-8-6-9-13-24)25-16-17-29(36)30(20-25)41-27-14-10-7-11-15-27/h6-17,20,23,26,38,40H,18-19,21-22H2,1-5H3. The molecule has 4 aromatic rings. The van der Waals surface area contributed by atoms with Crippen molar-refractivity contribution in [3.8, 4) is 33.9 Å². The number of esters is 1. The number of ether oxygens (including phenoxy) is 2. The van der Waals surface area contributed by atoms with Gasteiger partial charge in [0.1, 0.15) is 22.9 Å². The van der Waals surface area contributed by atoms with Gasteiger partial charge in [0.25, 0.3) is 0 Å². The Bertz CT molecular complexity index is 1490. The lowest BCUT2D eigenvalue weighted by Gasteiger charge is -2.22. The van der Waals surface area contributed by atoms with E-state index in [0.29, 0.717) is 23.5 Å². The third-order valence-electron chi connectivity index (χ3n) is 6.65. The van der Waals surface area contributed by atoms with Crippen molar-refractivity contribution in [3.05, 3.63) is 96.0 Å². The van der Waals surface area contributed by atoms with Crippen molar-refractivity contribution in [2.24, 2.45) is 0 Å². The first-order chi connectivity index (χ1) is 20.4. The van der Waals surface area contributed by atoms with Gasteiger partial charge in [0.2, 0.25) is 0 Å². The fraction of sp³-hybridized carbons (Fsp3) is 0.343. The maximum absolute atomic E-state index is 14.9. The molecule has 8 heteroatoms. The summed E-state index contributed by atoms with van der Waals surface area (Å²) in [4.78, 5) is 12.1. The van der Waals surface area contributed by atoms with Crippen LogP contribution in [0.2, 0.25) is 0 Å². The van der Waals surface area contributed by atoms with Gasteiger partial charge >= 0.3 is 5.97 Å². The normalized spacial score (nSPS) is 12.5. The molecule has 1 aromatic heterocycles. The lowest BCUT2D eigenvalue weighted by molar-refractivity contribution is -0.160. The van der Waals surface area contributed by atoms with E-state index >= 15 is 0 Å². The second kappa shape index (κ2) is 14.0. The largest absolute Gasteiger partial charge is 0.460 e. The van der Waals surface area contributed by atoms with Crippen LogP contribution in [0.1, 0.15) is 58.3 Å². The van der Waals surface area contributed by atoms with Crippen molar-refractivity contribution in [1.29, 1.82) is 0 Å². The molecule has 0 fully saturated rings. The maximum Gasteiger partial charge on any atom is 0.308 e. The van der Waals surface area contributed by atoms with Gasteiger partial charge in [-0.2, -0.15) is 5.06 Å². The lowest BCUT2D eigenvalue weighted by Crippen LogP contribution is -2.34. The Morgan fingerprint density at radius 2 is 1.63 bits per heavy atom. The quantitative estimate of drug-likeness (QED) is 0.128. The molecule has 0 spiro atoms. The van der Waals surface area contributed by atoms with Crippen LogP contribution in [0.15, 0.2) is 83.3 Å². The van der Waals surface area contributed by atoms with Crippen molar-refractivity contribution in [2.75, 3.05) is 13.1 Å². The smallest absolute Gasteiger partial charge is 0.308 e.